The van der Waals surface area contributed by atoms with Gasteiger partial charge < -0.3 is 0 Å². The molecule has 0 saturated carbocycles. The maximum absolute atomic E-state index is 13.3. The molecule has 4 nitrogen and oxygen atoms in total. The lowest BCUT2D eigenvalue weighted by atomic mass is 10.1. The van der Waals surface area contributed by atoms with E-state index in [4.69, 9.17) is 11.6 Å². The van der Waals surface area contributed by atoms with E-state index in [9.17, 15) is 9.30 Å². The summed E-state index contributed by atoms with van der Waals surface area (Å²) in [5.41, 5.74) is 2.46. The predicted octanol–water partition coefficient (Wildman–Crippen LogP) is 4.50. The molecule has 0 N–H and O–H groups in total. The number of halogens is 2. The first-order chi connectivity index (χ1) is 9.60. The Morgan fingerprint density at radius 2 is 2.10 bits per heavy atom. The predicted molar refractivity (Wildman–Crippen MR) is 75.8 cm³/mol. The molecule has 20 heavy (non-hydrogen) atoms. The molecule has 0 fully saturated rings. The summed E-state index contributed by atoms with van der Waals surface area (Å²) in [5, 5.41) is 3.52. The van der Waals surface area contributed by atoms with Gasteiger partial charge in [0, 0.05) is 16.8 Å². The maximum Gasteiger partial charge on any atom is 0.209 e. The molecule has 0 saturated heterocycles. The summed E-state index contributed by atoms with van der Waals surface area (Å²) in [7, 11) is 0. The third-order valence-electron chi connectivity index (χ3n) is 3.10. The number of imidazole rings is 1. The molecule has 0 atom stereocenters. The summed E-state index contributed by atoms with van der Waals surface area (Å²) in [6.45, 7) is 1.88. The van der Waals surface area contributed by atoms with E-state index in [2.05, 4.69) is 10.2 Å². The molecule has 3 aromatic rings. The number of aryl methyl sites for hydroxylation is 1. The smallest absolute Gasteiger partial charge is 0.209 e. The van der Waals surface area contributed by atoms with Crippen LogP contribution in [0.1, 0.15) is 5.56 Å². The molecular weight excluding hydrogens is 281 g/mol. The molecule has 2 heterocycles. The van der Waals surface area contributed by atoms with Crippen molar-refractivity contribution in [3.8, 4) is 11.3 Å². The highest BCUT2D eigenvalue weighted by molar-refractivity contribution is 6.30. The van der Waals surface area contributed by atoms with Gasteiger partial charge in [-0.1, -0.05) is 17.7 Å². The summed E-state index contributed by atoms with van der Waals surface area (Å²) in [4.78, 5) is 15.5. The van der Waals surface area contributed by atoms with Crippen LogP contribution in [-0.2, 0) is 0 Å². The first-order valence-electron chi connectivity index (χ1n) is 5.87. The van der Waals surface area contributed by atoms with E-state index in [1.165, 1.54) is 22.7 Å². The van der Waals surface area contributed by atoms with Gasteiger partial charge >= 0.3 is 0 Å². The van der Waals surface area contributed by atoms with Gasteiger partial charge in [-0.3, -0.25) is 4.40 Å². The first-order valence-corrected chi connectivity index (χ1v) is 6.25. The topological polar surface area (TPSA) is 46.7 Å². The SMILES string of the molecule is Cc1ccc(Cl)cc1-c1nc2ccc(F)cn2c1N=O. The summed E-state index contributed by atoms with van der Waals surface area (Å²) in [6, 6.07) is 8.07. The van der Waals surface area contributed by atoms with Crippen LogP contribution in [0.3, 0.4) is 0 Å². The Morgan fingerprint density at radius 3 is 2.85 bits per heavy atom. The number of nitrogens with zero attached hydrogens (tertiary/aromatic N) is 3. The lowest BCUT2D eigenvalue weighted by Gasteiger charge is -2.03. The lowest BCUT2D eigenvalue weighted by molar-refractivity contribution is 0.619. The molecule has 0 radical (unpaired) electrons. The van der Waals surface area contributed by atoms with E-state index in [1.807, 2.05) is 13.0 Å². The minimum Gasteiger partial charge on any atom is -0.278 e. The molecule has 2 aromatic heterocycles. The second-order valence-corrected chi connectivity index (χ2v) is 4.85. The van der Waals surface area contributed by atoms with Crippen LogP contribution >= 0.6 is 11.6 Å². The van der Waals surface area contributed by atoms with Gasteiger partial charge in [-0.15, -0.1) is 4.91 Å². The largest absolute Gasteiger partial charge is 0.278 e. The Hall–Kier alpha value is -2.27. The minimum absolute atomic E-state index is 0.0601. The number of hydrogen-bond acceptors (Lipinski definition) is 3. The zero-order chi connectivity index (χ0) is 14.3. The molecule has 0 aliphatic carbocycles. The second-order valence-electron chi connectivity index (χ2n) is 4.41. The van der Waals surface area contributed by atoms with Crippen LogP contribution in [0.15, 0.2) is 41.7 Å². The van der Waals surface area contributed by atoms with E-state index in [0.717, 1.165) is 5.56 Å². The molecule has 6 heteroatoms. The van der Waals surface area contributed by atoms with Crippen LogP contribution < -0.4 is 0 Å². The van der Waals surface area contributed by atoms with E-state index in [-0.39, 0.29) is 5.82 Å². The van der Waals surface area contributed by atoms with Gasteiger partial charge in [-0.25, -0.2) is 9.37 Å². The average molecular weight is 290 g/mol. The van der Waals surface area contributed by atoms with Crippen molar-refractivity contribution in [3.63, 3.8) is 0 Å². The summed E-state index contributed by atoms with van der Waals surface area (Å²) in [5.74, 6) is -0.404. The van der Waals surface area contributed by atoms with Gasteiger partial charge in [0.15, 0.2) is 0 Å². The van der Waals surface area contributed by atoms with Crippen molar-refractivity contribution in [2.24, 2.45) is 5.18 Å². The second kappa shape index (κ2) is 4.68. The minimum atomic E-state index is -0.464. The molecule has 1 aromatic carbocycles. The third kappa shape index (κ3) is 1.96. The number of rotatable bonds is 2. The zero-order valence-electron chi connectivity index (χ0n) is 10.5. The Balaban J connectivity index is 2.36. The third-order valence-corrected chi connectivity index (χ3v) is 3.33. The number of hydrogen-bond donors (Lipinski definition) is 0. The maximum atomic E-state index is 13.3. The molecule has 0 aliphatic heterocycles. The van der Waals surface area contributed by atoms with Crippen LogP contribution in [-0.4, -0.2) is 9.38 Å². The van der Waals surface area contributed by atoms with Crippen molar-refractivity contribution < 1.29 is 4.39 Å². The normalized spacial score (nSPS) is 10.9. The standard InChI is InChI=1S/C14H9ClFN3O/c1-8-2-3-9(15)6-11(8)13-14(18-20)19-7-10(16)4-5-12(19)17-13/h2-7H,1H3. The van der Waals surface area contributed by atoms with Gasteiger partial charge in [0.05, 0.1) is 0 Å². The molecule has 100 valence electrons. The number of aromatic nitrogens is 2. The van der Waals surface area contributed by atoms with E-state index in [1.54, 1.807) is 12.1 Å². The van der Waals surface area contributed by atoms with Crippen molar-refractivity contribution in [3.05, 3.63) is 57.8 Å². The van der Waals surface area contributed by atoms with Crippen molar-refractivity contribution in [1.82, 2.24) is 9.38 Å². The first kappa shape index (κ1) is 12.7. The molecule has 0 bridgehead atoms. The Kier molecular flexibility index (Phi) is 2.99. The summed E-state index contributed by atoms with van der Waals surface area (Å²) in [6.07, 6.45) is 1.18. The van der Waals surface area contributed by atoms with Crippen molar-refractivity contribution in [2.75, 3.05) is 0 Å². The van der Waals surface area contributed by atoms with Crippen LogP contribution in [0.5, 0.6) is 0 Å². The van der Waals surface area contributed by atoms with Crippen molar-refractivity contribution in [1.29, 1.82) is 0 Å². The van der Waals surface area contributed by atoms with E-state index in [0.29, 0.717) is 21.9 Å². The fraction of sp³-hybridized carbons (Fsp3) is 0.0714. The number of fused-ring (bicyclic) bond motifs is 1. The van der Waals surface area contributed by atoms with Gasteiger partial charge in [0.1, 0.15) is 17.2 Å². The van der Waals surface area contributed by atoms with Gasteiger partial charge in [-0.05, 0) is 41.9 Å². The molecule has 0 spiro atoms. The molecule has 0 amide bonds. The van der Waals surface area contributed by atoms with Crippen LogP contribution in [0.4, 0.5) is 10.2 Å². The monoisotopic (exact) mass is 289 g/mol. The number of nitroso groups, excluding NO2 is 1. The fourth-order valence-electron chi connectivity index (χ4n) is 2.12. The van der Waals surface area contributed by atoms with Crippen molar-refractivity contribution >= 4 is 23.1 Å². The lowest BCUT2D eigenvalue weighted by Crippen LogP contribution is -1.86. The van der Waals surface area contributed by atoms with Crippen LogP contribution in [0.25, 0.3) is 16.9 Å². The summed E-state index contributed by atoms with van der Waals surface area (Å²) >= 11 is 5.98. The van der Waals surface area contributed by atoms with Gasteiger partial charge in [-0.2, -0.15) is 0 Å². The highest BCUT2D eigenvalue weighted by atomic mass is 35.5. The Morgan fingerprint density at radius 1 is 1.30 bits per heavy atom. The molecule has 0 unspecified atom stereocenters. The van der Waals surface area contributed by atoms with Gasteiger partial charge in [0.2, 0.25) is 5.82 Å². The Bertz CT molecular complexity index is 829. The highest BCUT2D eigenvalue weighted by Gasteiger charge is 2.17. The van der Waals surface area contributed by atoms with Crippen LogP contribution in [0, 0.1) is 17.6 Å². The van der Waals surface area contributed by atoms with Crippen molar-refractivity contribution in [2.45, 2.75) is 6.92 Å². The zero-order valence-corrected chi connectivity index (χ0v) is 11.2. The molecule has 0 aliphatic rings. The van der Waals surface area contributed by atoms with Crippen LogP contribution in [0.2, 0.25) is 5.02 Å². The highest BCUT2D eigenvalue weighted by Crippen LogP contribution is 2.34. The van der Waals surface area contributed by atoms with E-state index < -0.39 is 5.82 Å². The average Bonchev–Trinajstić information content (AvgIpc) is 2.79. The number of benzene rings is 1. The summed E-state index contributed by atoms with van der Waals surface area (Å²) < 4.78 is 14.6. The van der Waals surface area contributed by atoms with E-state index >= 15 is 0 Å². The Labute approximate surface area is 118 Å². The van der Waals surface area contributed by atoms with Gasteiger partial charge in [0.25, 0.3) is 0 Å². The number of pyridine rings is 1. The molecule has 3 rings (SSSR count). The quantitative estimate of drug-likeness (QED) is 0.652. The molecular formula is C14H9ClFN3O. The fourth-order valence-corrected chi connectivity index (χ4v) is 2.30.